The van der Waals surface area contributed by atoms with Gasteiger partial charge in [0, 0.05) is 18.8 Å². The summed E-state index contributed by atoms with van der Waals surface area (Å²) < 4.78 is 17.8. The fraction of sp³-hybridized carbons (Fsp3) is 0.462. The van der Waals surface area contributed by atoms with E-state index in [1.54, 1.807) is 19.1 Å². The Balaban J connectivity index is 2.89. The van der Waals surface area contributed by atoms with Crippen molar-refractivity contribution in [3.05, 3.63) is 30.1 Å². The van der Waals surface area contributed by atoms with Crippen LogP contribution in [-0.4, -0.2) is 31.7 Å². The summed E-state index contributed by atoms with van der Waals surface area (Å²) in [6.07, 6.45) is 0. The molecule has 0 aliphatic carbocycles. The minimum Gasteiger partial charge on any atom is -0.468 e. The van der Waals surface area contributed by atoms with Crippen LogP contribution >= 0.6 is 0 Å². The van der Waals surface area contributed by atoms with Crippen LogP contribution in [0.5, 0.6) is 0 Å². The smallest absolute Gasteiger partial charge is 0.327 e. The first-order valence-electron chi connectivity index (χ1n) is 5.78. The van der Waals surface area contributed by atoms with Crippen LogP contribution < -0.4 is 10.6 Å². The van der Waals surface area contributed by atoms with Crippen molar-refractivity contribution in [2.24, 2.45) is 5.73 Å². The molecule has 0 saturated carbocycles. The number of carbonyl (C=O) groups is 1. The first-order chi connectivity index (χ1) is 8.40. The van der Waals surface area contributed by atoms with Gasteiger partial charge in [0.25, 0.3) is 0 Å². The normalized spacial score (nSPS) is 13.8. The van der Waals surface area contributed by atoms with Gasteiger partial charge in [0.1, 0.15) is 11.4 Å². The van der Waals surface area contributed by atoms with Gasteiger partial charge in [0.05, 0.1) is 7.11 Å². The number of esters is 1. The second kappa shape index (κ2) is 5.82. The van der Waals surface area contributed by atoms with E-state index in [0.29, 0.717) is 12.2 Å². The van der Waals surface area contributed by atoms with Gasteiger partial charge in [0.2, 0.25) is 0 Å². The fourth-order valence-corrected chi connectivity index (χ4v) is 1.75. The number of likely N-dealkylation sites (N-methyl/N-ethyl adjacent to an activating group) is 1. The molecule has 0 bridgehead atoms. The van der Waals surface area contributed by atoms with Crippen LogP contribution in [0.1, 0.15) is 13.8 Å². The molecule has 1 unspecified atom stereocenters. The molecule has 18 heavy (non-hydrogen) atoms. The van der Waals surface area contributed by atoms with Gasteiger partial charge >= 0.3 is 5.97 Å². The van der Waals surface area contributed by atoms with Crippen LogP contribution in [0.3, 0.4) is 0 Å². The number of carbonyl (C=O) groups excluding carboxylic acids is 1. The van der Waals surface area contributed by atoms with E-state index >= 15 is 0 Å². The minimum atomic E-state index is -1.13. The summed E-state index contributed by atoms with van der Waals surface area (Å²) >= 11 is 0. The van der Waals surface area contributed by atoms with E-state index in [-0.39, 0.29) is 12.4 Å². The number of anilines is 1. The summed E-state index contributed by atoms with van der Waals surface area (Å²) in [6, 6.07) is 6.19. The number of rotatable bonds is 5. The zero-order valence-corrected chi connectivity index (χ0v) is 10.9. The quantitative estimate of drug-likeness (QED) is 0.810. The number of hydrogen-bond acceptors (Lipinski definition) is 4. The molecular formula is C13H19FN2O2. The summed E-state index contributed by atoms with van der Waals surface area (Å²) in [5, 5.41) is 0. The Bertz CT molecular complexity index is 421. The second-order valence-electron chi connectivity index (χ2n) is 4.40. The second-order valence-corrected chi connectivity index (χ2v) is 4.40. The van der Waals surface area contributed by atoms with Crippen molar-refractivity contribution in [2.45, 2.75) is 19.4 Å². The Morgan fingerprint density at radius 2 is 2.22 bits per heavy atom. The molecule has 2 N–H and O–H groups in total. The lowest BCUT2D eigenvalue weighted by Gasteiger charge is -2.31. The van der Waals surface area contributed by atoms with Gasteiger partial charge in [-0.1, -0.05) is 6.07 Å². The van der Waals surface area contributed by atoms with Crippen LogP contribution in [0.25, 0.3) is 0 Å². The summed E-state index contributed by atoms with van der Waals surface area (Å²) in [7, 11) is 1.30. The Labute approximate surface area is 107 Å². The molecule has 0 saturated heterocycles. The van der Waals surface area contributed by atoms with Crippen molar-refractivity contribution in [3.63, 3.8) is 0 Å². The lowest BCUT2D eigenvalue weighted by atomic mass is 10.0. The average molecular weight is 254 g/mol. The fourth-order valence-electron chi connectivity index (χ4n) is 1.75. The number of hydrogen-bond donors (Lipinski definition) is 1. The molecule has 1 atom stereocenters. The molecule has 100 valence electrons. The van der Waals surface area contributed by atoms with Gasteiger partial charge < -0.3 is 15.4 Å². The molecule has 1 rings (SSSR count). The van der Waals surface area contributed by atoms with E-state index < -0.39 is 11.5 Å². The highest BCUT2D eigenvalue weighted by molar-refractivity contribution is 5.80. The zero-order chi connectivity index (χ0) is 13.8. The number of nitrogens with two attached hydrogens (primary N) is 1. The maximum Gasteiger partial charge on any atom is 0.327 e. The maximum atomic E-state index is 13.2. The van der Waals surface area contributed by atoms with Crippen LogP contribution in [0.4, 0.5) is 10.1 Å². The Morgan fingerprint density at radius 1 is 1.56 bits per heavy atom. The van der Waals surface area contributed by atoms with Crippen molar-refractivity contribution in [2.75, 3.05) is 25.1 Å². The van der Waals surface area contributed by atoms with Gasteiger partial charge in [-0.15, -0.1) is 0 Å². The van der Waals surface area contributed by atoms with E-state index in [1.807, 2.05) is 11.8 Å². The molecule has 0 radical (unpaired) electrons. The molecule has 4 nitrogen and oxygen atoms in total. The largest absolute Gasteiger partial charge is 0.468 e. The first-order valence-corrected chi connectivity index (χ1v) is 5.78. The SMILES string of the molecule is CCN(CC(C)(N)C(=O)OC)c1cccc(F)c1. The molecule has 0 aliphatic heterocycles. The van der Waals surface area contributed by atoms with E-state index in [2.05, 4.69) is 4.74 Å². The van der Waals surface area contributed by atoms with Gasteiger partial charge in [-0.25, -0.2) is 4.39 Å². The highest BCUT2D eigenvalue weighted by atomic mass is 19.1. The summed E-state index contributed by atoms with van der Waals surface area (Å²) in [5.41, 5.74) is 5.48. The maximum absolute atomic E-state index is 13.2. The standard InChI is InChI=1S/C13H19FN2O2/c1-4-16(9-13(2,15)12(17)18-3)11-7-5-6-10(14)8-11/h5-8H,4,9,15H2,1-3H3. The Hall–Kier alpha value is -1.62. The van der Waals surface area contributed by atoms with Gasteiger partial charge in [-0.3, -0.25) is 4.79 Å². The Kier molecular flexibility index (Phi) is 4.67. The monoisotopic (exact) mass is 254 g/mol. The third kappa shape index (κ3) is 3.43. The zero-order valence-electron chi connectivity index (χ0n) is 10.9. The molecule has 5 heteroatoms. The van der Waals surface area contributed by atoms with Gasteiger partial charge in [-0.05, 0) is 32.0 Å². The number of ether oxygens (including phenoxy) is 1. The minimum absolute atomic E-state index is 0.264. The molecule has 0 amide bonds. The molecule has 0 heterocycles. The molecule has 0 aromatic heterocycles. The topological polar surface area (TPSA) is 55.6 Å². The summed E-state index contributed by atoms with van der Waals surface area (Å²) in [5.74, 6) is -0.805. The van der Waals surface area contributed by atoms with E-state index in [9.17, 15) is 9.18 Å². The van der Waals surface area contributed by atoms with Crippen molar-refractivity contribution < 1.29 is 13.9 Å². The van der Waals surface area contributed by atoms with Crippen LogP contribution in [0.2, 0.25) is 0 Å². The van der Waals surface area contributed by atoms with E-state index in [1.165, 1.54) is 19.2 Å². The Morgan fingerprint density at radius 3 is 2.72 bits per heavy atom. The van der Waals surface area contributed by atoms with Crippen molar-refractivity contribution in [3.8, 4) is 0 Å². The van der Waals surface area contributed by atoms with Crippen molar-refractivity contribution in [1.29, 1.82) is 0 Å². The third-order valence-electron chi connectivity index (χ3n) is 2.73. The summed E-state index contributed by atoms with van der Waals surface area (Å²) in [6.45, 7) is 4.39. The molecule has 0 aliphatic rings. The molecule has 1 aromatic carbocycles. The summed E-state index contributed by atoms with van der Waals surface area (Å²) in [4.78, 5) is 13.4. The van der Waals surface area contributed by atoms with Gasteiger partial charge in [0.15, 0.2) is 0 Å². The van der Waals surface area contributed by atoms with E-state index in [0.717, 1.165) is 0 Å². The number of methoxy groups -OCH3 is 1. The lowest BCUT2D eigenvalue weighted by Crippen LogP contribution is -2.54. The molecule has 0 spiro atoms. The predicted molar refractivity (Wildman–Crippen MR) is 68.9 cm³/mol. The first kappa shape index (κ1) is 14.4. The number of nitrogens with zero attached hydrogens (tertiary/aromatic N) is 1. The van der Waals surface area contributed by atoms with Crippen LogP contribution in [0, 0.1) is 5.82 Å². The van der Waals surface area contributed by atoms with Crippen molar-refractivity contribution >= 4 is 11.7 Å². The third-order valence-corrected chi connectivity index (χ3v) is 2.73. The van der Waals surface area contributed by atoms with Crippen molar-refractivity contribution in [1.82, 2.24) is 0 Å². The number of benzene rings is 1. The lowest BCUT2D eigenvalue weighted by molar-refractivity contribution is -0.146. The van der Waals surface area contributed by atoms with Crippen LogP contribution in [0.15, 0.2) is 24.3 Å². The highest BCUT2D eigenvalue weighted by Gasteiger charge is 2.31. The van der Waals surface area contributed by atoms with E-state index in [4.69, 9.17) is 5.73 Å². The van der Waals surface area contributed by atoms with Crippen LogP contribution in [-0.2, 0) is 9.53 Å². The predicted octanol–water partition coefficient (Wildman–Crippen LogP) is 1.54. The molecule has 0 fully saturated rings. The number of halogens is 1. The molecular weight excluding hydrogens is 235 g/mol. The van der Waals surface area contributed by atoms with Gasteiger partial charge in [-0.2, -0.15) is 0 Å². The average Bonchev–Trinajstić information content (AvgIpc) is 2.34. The molecule has 1 aromatic rings. The highest BCUT2D eigenvalue weighted by Crippen LogP contribution is 2.18.